The number of aliphatic hydroxyl groups is 1. The Kier molecular flexibility index (Phi) is 4.09. The van der Waals surface area contributed by atoms with Gasteiger partial charge in [0.1, 0.15) is 13.2 Å². The Morgan fingerprint density at radius 1 is 1.22 bits per heavy atom. The highest BCUT2D eigenvalue weighted by Crippen LogP contribution is 2.34. The van der Waals surface area contributed by atoms with Gasteiger partial charge in [-0.3, -0.25) is 0 Å². The van der Waals surface area contributed by atoms with Crippen molar-refractivity contribution in [3.05, 3.63) is 23.8 Å². The summed E-state index contributed by atoms with van der Waals surface area (Å²) < 4.78 is 11.0. The van der Waals surface area contributed by atoms with Gasteiger partial charge >= 0.3 is 0 Å². The lowest BCUT2D eigenvalue weighted by molar-refractivity contribution is 0.162. The molecule has 0 saturated heterocycles. The highest BCUT2D eigenvalue weighted by Gasteiger charge is 2.23. The Balaban J connectivity index is 2.22. The van der Waals surface area contributed by atoms with Crippen molar-refractivity contribution in [3.8, 4) is 11.5 Å². The molecule has 100 valence electrons. The fourth-order valence-electron chi connectivity index (χ4n) is 2.25. The average molecular weight is 251 g/mol. The van der Waals surface area contributed by atoms with Crippen LogP contribution in [-0.2, 0) is 0 Å². The highest BCUT2D eigenvalue weighted by molar-refractivity contribution is 5.44. The normalized spacial score (nSPS) is 17.6. The van der Waals surface area contributed by atoms with Crippen LogP contribution in [0.15, 0.2) is 18.2 Å². The smallest absolute Gasteiger partial charge is 0.161 e. The number of benzene rings is 1. The number of fused-ring (bicyclic) bond motifs is 1. The number of ether oxygens (including phenoxy) is 2. The lowest BCUT2D eigenvalue weighted by Gasteiger charge is -2.27. The van der Waals surface area contributed by atoms with Crippen molar-refractivity contribution in [2.24, 2.45) is 17.6 Å². The van der Waals surface area contributed by atoms with Crippen molar-refractivity contribution in [1.29, 1.82) is 0 Å². The van der Waals surface area contributed by atoms with E-state index in [0.29, 0.717) is 19.1 Å². The molecule has 18 heavy (non-hydrogen) atoms. The van der Waals surface area contributed by atoms with Gasteiger partial charge in [0.2, 0.25) is 0 Å². The molecule has 0 aromatic heterocycles. The molecular weight excluding hydrogens is 230 g/mol. The van der Waals surface area contributed by atoms with Crippen molar-refractivity contribution in [2.45, 2.75) is 19.9 Å². The third kappa shape index (κ3) is 2.60. The van der Waals surface area contributed by atoms with E-state index in [2.05, 4.69) is 13.8 Å². The van der Waals surface area contributed by atoms with Crippen molar-refractivity contribution in [1.82, 2.24) is 0 Å². The zero-order valence-corrected chi connectivity index (χ0v) is 10.9. The highest BCUT2D eigenvalue weighted by atomic mass is 16.6. The molecule has 0 radical (unpaired) electrons. The number of hydrogen-bond acceptors (Lipinski definition) is 4. The third-order valence-electron chi connectivity index (χ3n) is 3.48. The van der Waals surface area contributed by atoms with E-state index < -0.39 is 0 Å². The number of rotatable bonds is 4. The summed E-state index contributed by atoms with van der Waals surface area (Å²) in [6.45, 7) is 5.38. The van der Waals surface area contributed by atoms with E-state index >= 15 is 0 Å². The molecule has 0 saturated carbocycles. The van der Waals surface area contributed by atoms with E-state index in [1.165, 1.54) is 0 Å². The van der Waals surface area contributed by atoms with Gasteiger partial charge in [-0.25, -0.2) is 0 Å². The largest absolute Gasteiger partial charge is 0.486 e. The third-order valence-corrected chi connectivity index (χ3v) is 3.48. The van der Waals surface area contributed by atoms with Gasteiger partial charge in [0.05, 0.1) is 0 Å². The number of nitrogens with two attached hydrogens (primary N) is 1. The van der Waals surface area contributed by atoms with Crippen LogP contribution in [0, 0.1) is 11.8 Å². The van der Waals surface area contributed by atoms with Gasteiger partial charge in [-0.2, -0.15) is 0 Å². The summed E-state index contributed by atoms with van der Waals surface area (Å²) in [5.74, 6) is 1.89. The molecule has 0 aliphatic carbocycles. The van der Waals surface area contributed by atoms with E-state index in [9.17, 15) is 5.11 Å². The van der Waals surface area contributed by atoms with E-state index in [1.54, 1.807) is 0 Å². The molecule has 0 fully saturated rings. The zero-order valence-electron chi connectivity index (χ0n) is 10.9. The molecular formula is C14H21NO3. The van der Waals surface area contributed by atoms with Crippen LogP contribution in [-0.4, -0.2) is 24.9 Å². The number of aliphatic hydroxyl groups excluding tert-OH is 1. The maximum atomic E-state index is 9.43. The average Bonchev–Trinajstić information content (AvgIpc) is 2.38. The molecule has 2 unspecified atom stereocenters. The predicted molar refractivity (Wildman–Crippen MR) is 69.8 cm³/mol. The maximum absolute atomic E-state index is 9.43. The summed E-state index contributed by atoms with van der Waals surface area (Å²) >= 11 is 0. The molecule has 1 aliphatic rings. The second-order valence-corrected chi connectivity index (χ2v) is 5.02. The summed E-state index contributed by atoms with van der Waals surface area (Å²) in [5, 5.41) is 9.43. The molecule has 1 aromatic carbocycles. The molecule has 4 nitrogen and oxygen atoms in total. The first-order valence-electron chi connectivity index (χ1n) is 6.39. The van der Waals surface area contributed by atoms with E-state index in [0.717, 1.165) is 17.1 Å². The van der Waals surface area contributed by atoms with Crippen molar-refractivity contribution < 1.29 is 14.6 Å². The standard InChI is InChI=1S/C14H21NO3/c1-9(2)11(8-16)14(15)10-3-4-12-13(7-10)18-6-5-17-12/h3-4,7,9,11,14,16H,5-6,8,15H2,1-2H3. The number of hydrogen-bond donors (Lipinski definition) is 2. The van der Waals surface area contributed by atoms with E-state index in [-0.39, 0.29) is 18.6 Å². The Bertz CT molecular complexity index is 406. The fourth-order valence-corrected chi connectivity index (χ4v) is 2.25. The lowest BCUT2D eigenvalue weighted by Crippen LogP contribution is -2.28. The SMILES string of the molecule is CC(C)C(CO)C(N)c1ccc2c(c1)OCCO2. The summed E-state index contributed by atoms with van der Waals surface area (Å²) in [6, 6.07) is 5.57. The summed E-state index contributed by atoms with van der Waals surface area (Å²) in [4.78, 5) is 0. The van der Waals surface area contributed by atoms with Gasteiger partial charge in [0.15, 0.2) is 11.5 Å². The summed E-state index contributed by atoms with van der Waals surface area (Å²) in [6.07, 6.45) is 0. The Morgan fingerprint density at radius 2 is 1.89 bits per heavy atom. The lowest BCUT2D eigenvalue weighted by atomic mass is 9.85. The Hall–Kier alpha value is -1.26. The van der Waals surface area contributed by atoms with Crippen LogP contribution in [0.3, 0.4) is 0 Å². The van der Waals surface area contributed by atoms with Crippen molar-refractivity contribution in [3.63, 3.8) is 0 Å². The first-order valence-corrected chi connectivity index (χ1v) is 6.39. The van der Waals surface area contributed by atoms with Gasteiger partial charge in [-0.05, 0) is 23.6 Å². The zero-order chi connectivity index (χ0) is 13.1. The molecule has 0 amide bonds. The van der Waals surface area contributed by atoms with Crippen LogP contribution < -0.4 is 15.2 Å². The van der Waals surface area contributed by atoms with Gasteiger partial charge in [0, 0.05) is 18.6 Å². The second-order valence-electron chi connectivity index (χ2n) is 5.02. The molecule has 2 rings (SSSR count). The molecule has 0 spiro atoms. The Morgan fingerprint density at radius 3 is 2.50 bits per heavy atom. The van der Waals surface area contributed by atoms with Crippen LogP contribution in [0.2, 0.25) is 0 Å². The molecule has 1 heterocycles. The predicted octanol–water partition coefficient (Wildman–Crippen LogP) is 1.72. The monoisotopic (exact) mass is 251 g/mol. The minimum absolute atomic E-state index is 0.0487. The Labute approximate surface area is 108 Å². The quantitative estimate of drug-likeness (QED) is 0.855. The van der Waals surface area contributed by atoms with Gasteiger partial charge < -0.3 is 20.3 Å². The van der Waals surface area contributed by atoms with Crippen LogP contribution >= 0.6 is 0 Å². The van der Waals surface area contributed by atoms with Crippen molar-refractivity contribution in [2.75, 3.05) is 19.8 Å². The molecule has 4 heteroatoms. The molecule has 2 atom stereocenters. The summed E-state index contributed by atoms with van der Waals surface area (Å²) in [5.41, 5.74) is 7.21. The first kappa shape index (κ1) is 13.2. The summed E-state index contributed by atoms with van der Waals surface area (Å²) in [7, 11) is 0. The van der Waals surface area contributed by atoms with E-state index in [4.69, 9.17) is 15.2 Å². The molecule has 0 bridgehead atoms. The van der Waals surface area contributed by atoms with Crippen molar-refractivity contribution >= 4 is 0 Å². The fraction of sp³-hybridized carbons (Fsp3) is 0.571. The van der Waals surface area contributed by atoms with Crippen LogP contribution in [0.1, 0.15) is 25.5 Å². The minimum atomic E-state index is -0.189. The second kappa shape index (κ2) is 5.59. The first-order chi connectivity index (χ1) is 8.63. The topological polar surface area (TPSA) is 64.7 Å². The molecule has 3 N–H and O–H groups in total. The van der Waals surface area contributed by atoms with Crippen LogP contribution in [0.4, 0.5) is 0 Å². The van der Waals surface area contributed by atoms with E-state index in [1.807, 2.05) is 18.2 Å². The van der Waals surface area contributed by atoms with Gasteiger partial charge in [-0.1, -0.05) is 19.9 Å². The van der Waals surface area contributed by atoms with Gasteiger partial charge in [-0.15, -0.1) is 0 Å². The van der Waals surface area contributed by atoms with Crippen LogP contribution in [0.5, 0.6) is 11.5 Å². The van der Waals surface area contributed by atoms with Crippen LogP contribution in [0.25, 0.3) is 0 Å². The van der Waals surface area contributed by atoms with Gasteiger partial charge in [0.25, 0.3) is 0 Å². The molecule has 1 aromatic rings. The minimum Gasteiger partial charge on any atom is -0.486 e. The molecule has 1 aliphatic heterocycles. The maximum Gasteiger partial charge on any atom is 0.161 e.